The number of piperidine rings is 1. The van der Waals surface area contributed by atoms with Crippen LogP contribution in [0.3, 0.4) is 0 Å². The van der Waals surface area contributed by atoms with Crippen LogP contribution in [0.15, 0.2) is 18.2 Å². The average Bonchev–Trinajstić information content (AvgIpc) is 3.00. The molecule has 0 saturated carbocycles. The zero-order valence-corrected chi connectivity index (χ0v) is 14.2. The summed E-state index contributed by atoms with van der Waals surface area (Å²) in [7, 11) is 0. The molecule has 1 aromatic rings. The van der Waals surface area contributed by atoms with Crippen LogP contribution in [0.1, 0.15) is 52.0 Å². The number of nitrogens with zero attached hydrogens (tertiary/aromatic N) is 2. The lowest BCUT2D eigenvalue weighted by atomic mass is 9.87. The van der Waals surface area contributed by atoms with Gasteiger partial charge in [-0.05, 0) is 61.9 Å². The van der Waals surface area contributed by atoms with Gasteiger partial charge >= 0.3 is 0 Å². The maximum atomic E-state index is 14.6. The summed E-state index contributed by atoms with van der Waals surface area (Å²) in [5.41, 5.74) is 1.86. The van der Waals surface area contributed by atoms with Gasteiger partial charge in [-0.15, -0.1) is 0 Å². The summed E-state index contributed by atoms with van der Waals surface area (Å²) in [6.07, 6.45) is 5.08. The van der Waals surface area contributed by atoms with Crippen LogP contribution in [0.5, 0.6) is 0 Å². The van der Waals surface area contributed by atoms with Crippen LogP contribution in [0.4, 0.5) is 10.1 Å². The standard InChI is InChI=1S/C19H29FN2/c1-19(2,3)15-8-9-18(17(20)13-15)22-12-6-7-16(14-22)21-10-4-5-11-21/h8-9,13,16H,4-7,10-12,14H2,1-3H3. The minimum atomic E-state index is -0.0607. The average molecular weight is 304 g/mol. The molecular weight excluding hydrogens is 275 g/mol. The molecule has 2 aliphatic rings. The predicted octanol–water partition coefficient (Wildman–Crippen LogP) is 4.19. The molecule has 0 N–H and O–H groups in total. The van der Waals surface area contributed by atoms with E-state index in [1.54, 1.807) is 6.07 Å². The fourth-order valence-corrected chi connectivity index (χ4v) is 3.81. The van der Waals surface area contributed by atoms with Crippen LogP contribution in [-0.4, -0.2) is 37.1 Å². The quantitative estimate of drug-likeness (QED) is 0.808. The van der Waals surface area contributed by atoms with E-state index in [9.17, 15) is 4.39 Å². The van der Waals surface area contributed by atoms with Crippen LogP contribution >= 0.6 is 0 Å². The van der Waals surface area contributed by atoms with Gasteiger partial charge in [0.1, 0.15) is 5.82 Å². The first-order chi connectivity index (χ1) is 10.4. The van der Waals surface area contributed by atoms with Crippen molar-refractivity contribution in [2.75, 3.05) is 31.1 Å². The Morgan fingerprint density at radius 1 is 1.05 bits per heavy atom. The normalized spacial score (nSPS) is 24.0. The van der Waals surface area contributed by atoms with Gasteiger partial charge in [0.05, 0.1) is 5.69 Å². The first kappa shape index (κ1) is 15.8. The molecule has 122 valence electrons. The smallest absolute Gasteiger partial charge is 0.146 e. The van der Waals surface area contributed by atoms with Gasteiger partial charge in [0.2, 0.25) is 0 Å². The van der Waals surface area contributed by atoms with Gasteiger partial charge in [0.15, 0.2) is 0 Å². The van der Waals surface area contributed by atoms with E-state index in [1.807, 2.05) is 6.07 Å². The van der Waals surface area contributed by atoms with E-state index in [2.05, 4.69) is 36.6 Å². The molecule has 0 spiro atoms. The molecule has 1 aromatic carbocycles. The highest BCUT2D eigenvalue weighted by atomic mass is 19.1. The molecule has 0 bridgehead atoms. The zero-order valence-electron chi connectivity index (χ0n) is 14.2. The first-order valence-electron chi connectivity index (χ1n) is 8.74. The van der Waals surface area contributed by atoms with Crippen molar-refractivity contribution in [3.8, 4) is 0 Å². The van der Waals surface area contributed by atoms with E-state index in [-0.39, 0.29) is 11.2 Å². The molecule has 3 heteroatoms. The van der Waals surface area contributed by atoms with Gasteiger partial charge in [-0.25, -0.2) is 4.39 Å². The number of benzene rings is 1. The van der Waals surface area contributed by atoms with Gasteiger partial charge in [0.25, 0.3) is 0 Å². The van der Waals surface area contributed by atoms with E-state index in [0.29, 0.717) is 6.04 Å². The maximum Gasteiger partial charge on any atom is 0.146 e. The molecule has 1 unspecified atom stereocenters. The molecule has 1 atom stereocenters. The minimum absolute atomic E-state index is 0.000640. The molecule has 2 heterocycles. The van der Waals surface area contributed by atoms with Crippen molar-refractivity contribution in [2.45, 2.75) is 57.9 Å². The summed E-state index contributed by atoms with van der Waals surface area (Å²) in [4.78, 5) is 4.86. The molecular formula is C19H29FN2. The Hall–Kier alpha value is -1.09. The third kappa shape index (κ3) is 3.29. The molecule has 22 heavy (non-hydrogen) atoms. The number of rotatable bonds is 2. The molecule has 2 aliphatic heterocycles. The van der Waals surface area contributed by atoms with Crippen LogP contribution < -0.4 is 4.90 Å². The number of anilines is 1. The highest BCUT2D eigenvalue weighted by molar-refractivity contribution is 5.50. The number of halogens is 1. The number of hydrogen-bond donors (Lipinski definition) is 0. The van der Waals surface area contributed by atoms with Crippen molar-refractivity contribution in [2.24, 2.45) is 0 Å². The van der Waals surface area contributed by atoms with E-state index < -0.39 is 0 Å². The maximum absolute atomic E-state index is 14.6. The summed E-state index contributed by atoms with van der Waals surface area (Å²) >= 11 is 0. The fraction of sp³-hybridized carbons (Fsp3) is 0.684. The van der Waals surface area contributed by atoms with Gasteiger partial charge in [-0.2, -0.15) is 0 Å². The van der Waals surface area contributed by atoms with Gasteiger partial charge in [-0.3, -0.25) is 4.90 Å². The number of likely N-dealkylation sites (tertiary alicyclic amines) is 1. The molecule has 0 aromatic heterocycles. The van der Waals surface area contributed by atoms with Crippen LogP contribution in [0, 0.1) is 5.82 Å². The lowest BCUT2D eigenvalue weighted by Gasteiger charge is -2.39. The van der Waals surface area contributed by atoms with Crippen LogP contribution in [0.2, 0.25) is 0 Å². The lowest BCUT2D eigenvalue weighted by molar-refractivity contribution is 0.215. The third-order valence-corrected chi connectivity index (χ3v) is 5.21. The summed E-state index contributed by atoms with van der Waals surface area (Å²) in [6, 6.07) is 6.42. The molecule has 3 rings (SSSR count). The summed E-state index contributed by atoms with van der Waals surface area (Å²) in [5, 5.41) is 0. The summed E-state index contributed by atoms with van der Waals surface area (Å²) in [6.45, 7) is 10.8. The van der Waals surface area contributed by atoms with E-state index >= 15 is 0 Å². The molecule has 0 aliphatic carbocycles. The van der Waals surface area contributed by atoms with Crippen molar-refractivity contribution in [3.63, 3.8) is 0 Å². The molecule has 2 fully saturated rings. The topological polar surface area (TPSA) is 6.48 Å². The summed E-state index contributed by atoms with van der Waals surface area (Å²) < 4.78 is 14.6. The second-order valence-corrected chi connectivity index (χ2v) is 7.90. The largest absolute Gasteiger partial charge is 0.368 e. The molecule has 2 saturated heterocycles. The van der Waals surface area contributed by atoms with Crippen molar-refractivity contribution >= 4 is 5.69 Å². The molecule has 0 amide bonds. The Morgan fingerprint density at radius 3 is 2.41 bits per heavy atom. The lowest BCUT2D eigenvalue weighted by Crippen LogP contribution is -2.47. The second-order valence-electron chi connectivity index (χ2n) is 7.90. The van der Waals surface area contributed by atoms with Gasteiger partial charge in [-0.1, -0.05) is 26.8 Å². The summed E-state index contributed by atoms with van der Waals surface area (Å²) in [5.74, 6) is -0.0607. The Balaban J connectivity index is 1.75. The fourth-order valence-electron chi connectivity index (χ4n) is 3.81. The van der Waals surface area contributed by atoms with E-state index in [0.717, 1.165) is 24.3 Å². The molecule has 0 radical (unpaired) electrons. The van der Waals surface area contributed by atoms with Crippen molar-refractivity contribution in [1.29, 1.82) is 0 Å². The van der Waals surface area contributed by atoms with Gasteiger partial charge in [0, 0.05) is 19.1 Å². The monoisotopic (exact) mass is 304 g/mol. The Morgan fingerprint density at radius 2 is 1.77 bits per heavy atom. The SMILES string of the molecule is CC(C)(C)c1ccc(N2CCCC(N3CCCC3)C2)c(F)c1. The van der Waals surface area contributed by atoms with Crippen LogP contribution in [0.25, 0.3) is 0 Å². The van der Waals surface area contributed by atoms with E-state index in [4.69, 9.17) is 0 Å². The Kier molecular flexibility index (Phi) is 4.44. The Labute approximate surface area is 134 Å². The predicted molar refractivity (Wildman–Crippen MR) is 91.1 cm³/mol. The van der Waals surface area contributed by atoms with Crippen molar-refractivity contribution in [1.82, 2.24) is 4.90 Å². The highest BCUT2D eigenvalue weighted by Gasteiger charge is 2.28. The first-order valence-corrected chi connectivity index (χ1v) is 8.74. The zero-order chi connectivity index (χ0) is 15.7. The minimum Gasteiger partial charge on any atom is -0.368 e. The van der Waals surface area contributed by atoms with Crippen molar-refractivity contribution in [3.05, 3.63) is 29.6 Å². The van der Waals surface area contributed by atoms with Crippen LogP contribution in [-0.2, 0) is 5.41 Å². The highest BCUT2D eigenvalue weighted by Crippen LogP contribution is 2.30. The Bertz CT molecular complexity index is 515. The third-order valence-electron chi connectivity index (χ3n) is 5.21. The van der Waals surface area contributed by atoms with Gasteiger partial charge < -0.3 is 4.90 Å². The molecule has 2 nitrogen and oxygen atoms in total. The number of hydrogen-bond acceptors (Lipinski definition) is 2. The van der Waals surface area contributed by atoms with E-state index in [1.165, 1.54) is 38.8 Å². The van der Waals surface area contributed by atoms with Crippen molar-refractivity contribution < 1.29 is 4.39 Å². The second kappa shape index (κ2) is 6.19.